The average Bonchev–Trinajstić information content (AvgIpc) is 3.23. The van der Waals surface area contributed by atoms with Gasteiger partial charge < -0.3 is 19.9 Å². The van der Waals surface area contributed by atoms with Crippen LogP contribution in [0.25, 0.3) is 11.0 Å². The van der Waals surface area contributed by atoms with Crippen LogP contribution in [0.5, 0.6) is 5.75 Å². The smallest absolute Gasteiger partial charge is 0.260 e. The van der Waals surface area contributed by atoms with Crippen LogP contribution in [0, 0.1) is 0 Å². The van der Waals surface area contributed by atoms with E-state index in [1.165, 1.54) is 17.3 Å². The molecular weight excluding hydrogens is 448 g/mol. The quantitative estimate of drug-likeness (QED) is 0.415. The molecule has 0 radical (unpaired) electrons. The second kappa shape index (κ2) is 9.61. The number of rotatable bonds is 7. The standard InChI is InChI=1S/C26H24N4O3S/c27-25(32)23-16-30(21-12-6-7-13-22(21)33-23)24(31)17-34-26-28-19-10-4-5-11-20(19)29(26)15-14-18-8-2-1-3-9-18/h1-13,23H,14-17H2,(H2,27,32). The molecule has 1 atom stereocenters. The van der Waals surface area contributed by atoms with Crippen LogP contribution < -0.4 is 15.4 Å². The molecule has 8 heteroatoms. The number of primary amides is 1. The van der Waals surface area contributed by atoms with E-state index in [0.29, 0.717) is 11.4 Å². The fraction of sp³-hybridized carbons (Fsp3) is 0.192. The highest BCUT2D eigenvalue weighted by Gasteiger charge is 2.32. The third-order valence-electron chi connectivity index (χ3n) is 5.80. The molecule has 0 saturated carbocycles. The summed E-state index contributed by atoms with van der Waals surface area (Å²) < 4.78 is 7.84. The number of nitrogens with zero attached hydrogens (tertiary/aromatic N) is 3. The predicted molar refractivity (Wildman–Crippen MR) is 133 cm³/mol. The molecule has 0 saturated heterocycles. The summed E-state index contributed by atoms with van der Waals surface area (Å²) in [7, 11) is 0. The van der Waals surface area contributed by atoms with Crippen molar-refractivity contribution in [2.24, 2.45) is 5.73 Å². The summed E-state index contributed by atoms with van der Waals surface area (Å²) in [4.78, 5) is 31.4. The van der Waals surface area contributed by atoms with E-state index in [9.17, 15) is 9.59 Å². The summed E-state index contributed by atoms with van der Waals surface area (Å²) in [6.45, 7) is 0.849. The van der Waals surface area contributed by atoms with Crippen LogP contribution in [0.3, 0.4) is 0 Å². The highest BCUT2D eigenvalue weighted by atomic mass is 32.2. The van der Waals surface area contributed by atoms with Crippen LogP contribution in [0.1, 0.15) is 5.56 Å². The Morgan fingerprint density at radius 2 is 1.74 bits per heavy atom. The number of benzene rings is 3. The largest absolute Gasteiger partial charge is 0.477 e. The number of imidazole rings is 1. The van der Waals surface area contributed by atoms with Gasteiger partial charge in [-0.25, -0.2) is 4.98 Å². The molecule has 2 N–H and O–H groups in total. The predicted octanol–water partition coefficient (Wildman–Crippen LogP) is 3.65. The van der Waals surface area contributed by atoms with Crippen molar-refractivity contribution in [2.45, 2.75) is 24.2 Å². The van der Waals surface area contributed by atoms with E-state index >= 15 is 0 Å². The number of carbonyl (C=O) groups is 2. The second-order valence-electron chi connectivity index (χ2n) is 8.04. The van der Waals surface area contributed by atoms with Crippen molar-refractivity contribution >= 4 is 40.3 Å². The van der Waals surface area contributed by atoms with Crippen LogP contribution in [0.15, 0.2) is 84.0 Å². The van der Waals surface area contributed by atoms with Gasteiger partial charge in [-0.3, -0.25) is 9.59 Å². The zero-order chi connectivity index (χ0) is 23.5. The lowest BCUT2D eigenvalue weighted by atomic mass is 10.1. The first-order chi connectivity index (χ1) is 16.6. The first kappa shape index (κ1) is 22.0. The number of anilines is 1. The maximum Gasteiger partial charge on any atom is 0.260 e. The zero-order valence-corrected chi connectivity index (χ0v) is 19.3. The normalized spacial score (nSPS) is 15.1. The number of ether oxygens (including phenoxy) is 1. The van der Waals surface area contributed by atoms with Gasteiger partial charge >= 0.3 is 0 Å². The Balaban J connectivity index is 1.36. The first-order valence-corrected chi connectivity index (χ1v) is 12.1. The minimum absolute atomic E-state index is 0.0934. The molecule has 1 aliphatic rings. The maximum atomic E-state index is 13.3. The molecule has 0 bridgehead atoms. The number of aromatic nitrogens is 2. The van der Waals surface area contributed by atoms with E-state index in [2.05, 4.69) is 22.8 Å². The number of aryl methyl sites for hydroxylation is 2. The molecule has 0 fully saturated rings. The van der Waals surface area contributed by atoms with Crippen molar-refractivity contribution in [3.05, 3.63) is 84.4 Å². The third kappa shape index (κ3) is 4.49. The number of para-hydroxylation sites is 4. The molecule has 2 amide bonds. The monoisotopic (exact) mass is 472 g/mol. The van der Waals surface area contributed by atoms with Crippen LogP contribution in [0.2, 0.25) is 0 Å². The SMILES string of the molecule is NC(=O)C1CN(C(=O)CSc2nc3ccccc3n2CCc2ccccc2)c2ccccc2O1. The zero-order valence-electron chi connectivity index (χ0n) is 18.5. The van der Waals surface area contributed by atoms with E-state index < -0.39 is 12.0 Å². The second-order valence-corrected chi connectivity index (χ2v) is 8.98. The van der Waals surface area contributed by atoms with Crippen molar-refractivity contribution in [1.29, 1.82) is 0 Å². The molecule has 2 heterocycles. The Morgan fingerprint density at radius 3 is 2.56 bits per heavy atom. The van der Waals surface area contributed by atoms with Gasteiger partial charge in [-0.2, -0.15) is 0 Å². The van der Waals surface area contributed by atoms with Gasteiger partial charge in [0.2, 0.25) is 5.91 Å². The molecule has 4 aromatic rings. The Hall–Kier alpha value is -3.78. The van der Waals surface area contributed by atoms with Crippen LogP contribution >= 0.6 is 11.8 Å². The lowest BCUT2D eigenvalue weighted by Crippen LogP contribution is -2.49. The Morgan fingerprint density at radius 1 is 1.00 bits per heavy atom. The lowest BCUT2D eigenvalue weighted by molar-refractivity contribution is -0.125. The van der Waals surface area contributed by atoms with Crippen molar-refractivity contribution in [3.63, 3.8) is 0 Å². The minimum atomic E-state index is -0.876. The third-order valence-corrected chi connectivity index (χ3v) is 6.76. The summed E-state index contributed by atoms with van der Waals surface area (Å²) in [6, 6.07) is 25.5. The van der Waals surface area contributed by atoms with Gasteiger partial charge in [0.1, 0.15) is 5.75 Å². The Kier molecular flexibility index (Phi) is 6.22. The van der Waals surface area contributed by atoms with Crippen molar-refractivity contribution in [3.8, 4) is 5.75 Å². The average molecular weight is 473 g/mol. The first-order valence-electron chi connectivity index (χ1n) is 11.1. The highest BCUT2D eigenvalue weighted by molar-refractivity contribution is 7.99. The number of carbonyl (C=O) groups excluding carboxylic acids is 2. The Labute approximate surface area is 201 Å². The van der Waals surface area contributed by atoms with Crippen LogP contribution in [-0.4, -0.2) is 39.8 Å². The van der Waals surface area contributed by atoms with E-state index in [1.54, 1.807) is 17.0 Å². The molecule has 7 nitrogen and oxygen atoms in total. The van der Waals surface area contributed by atoms with E-state index in [-0.39, 0.29) is 18.2 Å². The highest BCUT2D eigenvalue weighted by Crippen LogP contribution is 2.34. The molecule has 0 spiro atoms. The van der Waals surface area contributed by atoms with Gasteiger partial charge in [0.05, 0.1) is 29.0 Å². The van der Waals surface area contributed by atoms with Gasteiger partial charge in [-0.05, 0) is 36.2 Å². The van der Waals surface area contributed by atoms with E-state index in [4.69, 9.17) is 15.5 Å². The number of thioether (sulfide) groups is 1. The number of hydrogen-bond acceptors (Lipinski definition) is 5. The van der Waals surface area contributed by atoms with Gasteiger partial charge in [-0.1, -0.05) is 66.4 Å². The van der Waals surface area contributed by atoms with E-state index in [1.807, 2.05) is 48.5 Å². The number of amides is 2. The number of fused-ring (bicyclic) bond motifs is 2. The maximum absolute atomic E-state index is 13.3. The molecule has 0 aliphatic carbocycles. The fourth-order valence-electron chi connectivity index (χ4n) is 4.09. The van der Waals surface area contributed by atoms with Gasteiger partial charge in [0.25, 0.3) is 5.91 Å². The topological polar surface area (TPSA) is 90.5 Å². The molecule has 3 aromatic carbocycles. The van der Waals surface area contributed by atoms with Crippen molar-refractivity contribution in [2.75, 3.05) is 17.2 Å². The summed E-state index contributed by atoms with van der Waals surface area (Å²) in [5, 5.41) is 0.790. The number of hydrogen-bond donors (Lipinski definition) is 1. The Bertz CT molecular complexity index is 1340. The molecule has 1 unspecified atom stereocenters. The minimum Gasteiger partial charge on any atom is -0.477 e. The molecule has 1 aliphatic heterocycles. The summed E-state index contributed by atoms with van der Waals surface area (Å²) >= 11 is 1.40. The summed E-state index contributed by atoms with van der Waals surface area (Å²) in [5.74, 6) is -0.0728. The fourth-order valence-corrected chi connectivity index (χ4v) is 5.00. The number of nitrogens with two attached hydrogens (primary N) is 1. The summed E-state index contributed by atoms with van der Waals surface area (Å²) in [5.41, 5.74) is 9.30. The molecular formula is C26H24N4O3S. The van der Waals surface area contributed by atoms with E-state index in [0.717, 1.165) is 29.2 Å². The van der Waals surface area contributed by atoms with Crippen molar-refractivity contribution in [1.82, 2.24) is 9.55 Å². The van der Waals surface area contributed by atoms with Gasteiger partial charge in [0, 0.05) is 6.54 Å². The lowest BCUT2D eigenvalue weighted by Gasteiger charge is -2.33. The molecule has 1 aromatic heterocycles. The van der Waals surface area contributed by atoms with Gasteiger partial charge in [0.15, 0.2) is 11.3 Å². The van der Waals surface area contributed by atoms with Crippen molar-refractivity contribution < 1.29 is 14.3 Å². The summed E-state index contributed by atoms with van der Waals surface area (Å²) in [6.07, 6.45) is -0.0147. The molecule has 34 heavy (non-hydrogen) atoms. The molecule has 172 valence electrons. The van der Waals surface area contributed by atoms with Crippen LogP contribution in [-0.2, 0) is 22.6 Å². The van der Waals surface area contributed by atoms with Crippen LogP contribution in [0.4, 0.5) is 5.69 Å². The molecule has 5 rings (SSSR count). The van der Waals surface area contributed by atoms with Gasteiger partial charge in [-0.15, -0.1) is 0 Å².